The van der Waals surface area contributed by atoms with Crippen molar-refractivity contribution in [1.29, 1.82) is 0 Å². The fourth-order valence-corrected chi connectivity index (χ4v) is 5.20. The molecule has 0 bridgehead atoms. The number of aromatic nitrogens is 4. The van der Waals surface area contributed by atoms with Crippen molar-refractivity contribution in [3.63, 3.8) is 0 Å². The summed E-state index contributed by atoms with van der Waals surface area (Å²) in [6, 6.07) is 9.06. The minimum Gasteiger partial charge on any atom is -0.373 e. The zero-order valence-electron chi connectivity index (χ0n) is 19.7. The largest absolute Gasteiger partial charge is 0.373 e. The van der Waals surface area contributed by atoms with Crippen molar-refractivity contribution >= 4 is 22.5 Å². The van der Waals surface area contributed by atoms with Gasteiger partial charge in [-0.15, -0.1) is 0 Å². The second kappa shape index (κ2) is 8.57. The van der Waals surface area contributed by atoms with Crippen LogP contribution in [0, 0.1) is 12.7 Å². The first kappa shape index (κ1) is 22.4. The van der Waals surface area contributed by atoms with Crippen LogP contribution in [0.3, 0.4) is 0 Å². The van der Waals surface area contributed by atoms with Gasteiger partial charge in [-0.3, -0.25) is 14.0 Å². The Morgan fingerprint density at radius 2 is 1.94 bits per heavy atom. The summed E-state index contributed by atoms with van der Waals surface area (Å²) in [7, 11) is 1.71. The Balaban J connectivity index is 1.45. The highest BCUT2D eigenvalue weighted by atomic mass is 35.5. The van der Waals surface area contributed by atoms with Crippen LogP contribution in [-0.4, -0.2) is 25.9 Å². The molecule has 0 N–H and O–H groups in total. The van der Waals surface area contributed by atoms with Crippen molar-refractivity contribution in [2.45, 2.75) is 50.7 Å². The normalized spacial score (nSPS) is 20.5. The number of hydrogen-bond donors (Lipinski definition) is 0. The average Bonchev–Trinajstić information content (AvgIpc) is 3.59. The third-order valence-corrected chi connectivity index (χ3v) is 7.55. The van der Waals surface area contributed by atoms with Gasteiger partial charge in [-0.1, -0.05) is 11.6 Å². The molecular formula is C27H26ClFN4O2. The van der Waals surface area contributed by atoms with Gasteiger partial charge < -0.3 is 4.74 Å². The number of benzene rings is 2. The second-order valence-corrected chi connectivity index (χ2v) is 10.1. The van der Waals surface area contributed by atoms with Crippen LogP contribution < -0.4 is 5.56 Å². The average molecular weight is 493 g/mol. The topological polar surface area (TPSA) is 61.9 Å². The van der Waals surface area contributed by atoms with Gasteiger partial charge in [-0.05, 0) is 74.4 Å². The Morgan fingerprint density at radius 1 is 1.11 bits per heavy atom. The van der Waals surface area contributed by atoms with E-state index in [4.69, 9.17) is 16.3 Å². The van der Waals surface area contributed by atoms with E-state index >= 15 is 4.39 Å². The second-order valence-electron chi connectivity index (χ2n) is 9.68. The molecule has 2 aromatic carbocycles. The molecule has 0 radical (unpaired) electrons. The molecular weight excluding hydrogens is 467 g/mol. The Hall–Kier alpha value is -3.03. The minimum absolute atomic E-state index is 0.0633. The van der Waals surface area contributed by atoms with Gasteiger partial charge in [0.15, 0.2) is 0 Å². The predicted octanol–water partition coefficient (Wildman–Crippen LogP) is 5.87. The van der Waals surface area contributed by atoms with Crippen LogP contribution in [0.1, 0.15) is 60.7 Å². The van der Waals surface area contributed by atoms with Crippen LogP contribution in [0.5, 0.6) is 0 Å². The van der Waals surface area contributed by atoms with Gasteiger partial charge in [0.1, 0.15) is 11.6 Å². The van der Waals surface area contributed by atoms with Gasteiger partial charge in [-0.25, -0.2) is 9.37 Å². The molecule has 2 unspecified atom stereocenters. The lowest BCUT2D eigenvalue weighted by atomic mass is 9.85. The van der Waals surface area contributed by atoms with E-state index in [0.717, 1.165) is 24.0 Å². The van der Waals surface area contributed by atoms with E-state index in [9.17, 15) is 4.79 Å². The molecule has 2 atom stereocenters. The molecule has 0 spiro atoms. The van der Waals surface area contributed by atoms with E-state index in [0.29, 0.717) is 45.5 Å². The Morgan fingerprint density at radius 3 is 2.71 bits per heavy atom. The third-order valence-electron chi connectivity index (χ3n) is 7.32. The summed E-state index contributed by atoms with van der Waals surface area (Å²) >= 11 is 6.02. The lowest BCUT2D eigenvalue weighted by Crippen LogP contribution is -2.22. The van der Waals surface area contributed by atoms with E-state index in [2.05, 4.69) is 16.3 Å². The molecule has 1 saturated carbocycles. The maximum Gasteiger partial charge on any atom is 0.261 e. The van der Waals surface area contributed by atoms with E-state index < -0.39 is 5.82 Å². The Labute approximate surface area is 207 Å². The van der Waals surface area contributed by atoms with E-state index in [-0.39, 0.29) is 17.6 Å². The zero-order valence-corrected chi connectivity index (χ0v) is 20.4. The predicted molar refractivity (Wildman–Crippen MR) is 133 cm³/mol. The number of fused-ring (bicyclic) bond motifs is 1. The highest BCUT2D eigenvalue weighted by Crippen LogP contribution is 2.41. The third kappa shape index (κ3) is 4.06. The van der Waals surface area contributed by atoms with Crippen LogP contribution in [0.15, 0.2) is 47.5 Å². The standard InChI is InChI=1S/C27H26ClFN4O2/c1-15-31-26-22(21-6-3-19(28)12-24(21)29)9-17(10-23(26)27(34)32(15)2)16-7-8-35-25(11-16)18-13-30-33(14-18)20-4-5-20/h3,6,9-10,12-14,16,20,25H,4-5,7-8,11H2,1-2H3. The van der Waals surface area contributed by atoms with Gasteiger partial charge in [0, 0.05) is 41.6 Å². The van der Waals surface area contributed by atoms with Crippen LogP contribution >= 0.6 is 11.6 Å². The van der Waals surface area contributed by atoms with Crippen LogP contribution in [0.25, 0.3) is 22.0 Å². The van der Waals surface area contributed by atoms with Crippen molar-refractivity contribution in [3.05, 3.63) is 80.9 Å². The van der Waals surface area contributed by atoms with Crippen LogP contribution in [0.2, 0.25) is 5.02 Å². The molecule has 4 aromatic rings. The number of rotatable bonds is 4. The molecule has 6 rings (SSSR count). The van der Waals surface area contributed by atoms with Crippen molar-refractivity contribution in [1.82, 2.24) is 19.3 Å². The number of ether oxygens (including phenoxy) is 1. The van der Waals surface area contributed by atoms with Crippen molar-refractivity contribution < 1.29 is 9.13 Å². The highest BCUT2D eigenvalue weighted by molar-refractivity contribution is 6.30. The van der Waals surface area contributed by atoms with Crippen molar-refractivity contribution in [2.75, 3.05) is 6.61 Å². The summed E-state index contributed by atoms with van der Waals surface area (Å²) in [5.41, 5.74) is 3.43. The van der Waals surface area contributed by atoms with Gasteiger partial charge in [0.05, 0.1) is 29.2 Å². The summed E-state index contributed by atoms with van der Waals surface area (Å²) in [4.78, 5) is 17.9. The summed E-state index contributed by atoms with van der Waals surface area (Å²) < 4.78 is 24.7. The molecule has 2 aromatic heterocycles. The summed E-state index contributed by atoms with van der Waals surface area (Å²) in [6.07, 6.45) is 7.89. The first-order valence-electron chi connectivity index (χ1n) is 12.0. The SMILES string of the molecule is Cc1nc2c(-c3ccc(Cl)cc3F)cc(C3CCOC(c4cnn(C5CC5)c4)C3)cc2c(=O)n1C. The monoisotopic (exact) mass is 492 g/mol. The number of hydrogen-bond acceptors (Lipinski definition) is 4. The number of nitrogens with zero attached hydrogens (tertiary/aromatic N) is 4. The van der Waals surface area contributed by atoms with Crippen molar-refractivity contribution in [3.8, 4) is 11.1 Å². The first-order valence-corrected chi connectivity index (χ1v) is 12.4. The minimum atomic E-state index is -0.437. The molecule has 6 nitrogen and oxygen atoms in total. The molecule has 1 aliphatic carbocycles. The molecule has 1 saturated heterocycles. The van der Waals surface area contributed by atoms with E-state index in [1.807, 2.05) is 23.0 Å². The fourth-order valence-electron chi connectivity index (χ4n) is 5.04. The smallest absolute Gasteiger partial charge is 0.261 e. The quantitative estimate of drug-likeness (QED) is 0.357. The van der Waals surface area contributed by atoms with Gasteiger partial charge in [0.25, 0.3) is 5.56 Å². The summed E-state index contributed by atoms with van der Waals surface area (Å²) in [5.74, 6) is 0.292. The molecule has 180 valence electrons. The van der Waals surface area contributed by atoms with E-state index in [1.165, 1.54) is 23.5 Å². The van der Waals surface area contributed by atoms with Crippen molar-refractivity contribution in [2.24, 2.45) is 7.05 Å². The molecule has 2 aliphatic rings. The van der Waals surface area contributed by atoms with Crippen LogP contribution in [-0.2, 0) is 11.8 Å². The maximum absolute atomic E-state index is 15.0. The maximum atomic E-state index is 15.0. The lowest BCUT2D eigenvalue weighted by molar-refractivity contribution is 0.00524. The molecule has 3 heterocycles. The van der Waals surface area contributed by atoms with Gasteiger partial charge >= 0.3 is 0 Å². The molecule has 2 fully saturated rings. The number of aryl methyl sites for hydroxylation is 1. The number of halogens is 2. The Bertz CT molecular complexity index is 1510. The molecule has 35 heavy (non-hydrogen) atoms. The van der Waals surface area contributed by atoms with E-state index in [1.54, 1.807) is 26.1 Å². The summed E-state index contributed by atoms with van der Waals surface area (Å²) in [6.45, 7) is 2.39. The van der Waals surface area contributed by atoms with Crippen LogP contribution in [0.4, 0.5) is 4.39 Å². The van der Waals surface area contributed by atoms with Gasteiger partial charge in [0.2, 0.25) is 0 Å². The highest BCUT2D eigenvalue weighted by Gasteiger charge is 2.30. The molecule has 8 heteroatoms. The zero-order chi connectivity index (χ0) is 24.3. The molecule has 1 aliphatic heterocycles. The fraction of sp³-hybridized carbons (Fsp3) is 0.370. The lowest BCUT2D eigenvalue weighted by Gasteiger charge is -2.30. The molecule has 0 amide bonds. The summed E-state index contributed by atoms with van der Waals surface area (Å²) in [5, 5.41) is 5.34. The van der Waals surface area contributed by atoms with Gasteiger partial charge in [-0.2, -0.15) is 5.10 Å². The first-order chi connectivity index (χ1) is 16.9. The Kier molecular flexibility index (Phi) is 5.49.